The second-order valence-corrected chi connectivity index (χ2v) is 4.33. The van der Waals surface area contributed by atoms with Gasteiger partial charge >= 0.3 is 5.97 Å². The van der Waals surface area contributed by atoms with Gasteiger partial charge in [0, 0.05) is 0 Å². The third-order valence-corrected chi connectivity index (χ3v) is 2.69. The SMILES string of the molecule is Cl.Nc1nc2c(ncn2COCCOC(=O)[C@@H](N)CO)c(=O)[nH]1. The molecule has 128 valence electrons. The number of carbonyl (C=O) groups excluding carboxylic acids is 1. The number of hydrogen-bond donors (Lipinski definition) is 4. The summed E-state index contributed by atoms with van der Waals surface area (Å²) in [5.41, 5.74) is 10.7. The van der Waals surface area contributed by atoms with Crippen LogP contribution in [0.5, 0.6) is 0 Å². The van der Waals surface area contributed by atoms with Crippen LogP contribution in [0.1, 0.15) is 0 Å². The van der Waals surface area contributed by atoms with Crippen LogP contribution in [0.3, 0.4) is 0 Å². The molecule has 2 rings (SSSR count). The third-order valence-electron chi connectivity index (χ3n) is 2.69. The van der Waals surface area contributed by atoms with E-state index in [1.54, 1.807) is 0 Å². The Hall–Kier alpha value is -2.21. The molecule has 0 saturated carbocycles. The van der Waals surface area contributed by atoms with Crippen LogP contribution in [0.25, 0.3) is 11.2 Å². The number of nitrogen functional groups attached to an aromatic ring is 1. The van der Waals surface area contributed by atoms with E-state index >= 15 is 0 Å². The van der Waals surface area contributed by atoms with Gasteiger partial charge in [-0.2, -0.15) is 4.98 Å². The first-order valence-electron chi connectivity index (χ1n) is 6.34. The van der Waals surface area contributed by atoms with Gasteiger partial charge < -0.3 is 26.0 Å². The molecule has 0 spiro atoms. The Kier molecular flexibility index (Phi) is 6.90. The highest BCUT2D eigenvalue weighted by Crippen LogP contribution is 2.06. The molecule has 0 aliphatic heterocycles. The molecule has 2 aromatic heterocycles. The molecule has 0 amide bonds. The molecule has 0 aromatic carbocycles. The molecule has 1 atom stereocenters. The molecule has 23 heavy (non-hydrogen) atoms. The lowest BCUT2D eigenvalue weighted by molar-refractivity contribution is -0.148. The van der Waals surface area contributed by atoms with Crippen LogP contribution in [0.2, 0.25) is 0 Å². The van der Waals surface area contributed by atoms with Gasteiger partial charge in [0.15, 0.2) is 11.2 Å². The maximum atomic E-state index is 11.6. The Morgan fingerprint density at radius 3 is 2.91 bits per heavy atom. The zero-order chi connectivity index (χ0) is 16.1. The molecule has 11 nitrogen and oxygen atoms in total. The van der Waals surface area contributed by atoms with Crippen molar-refractivity contribution in [1.29, 1.82) is 0 Å². The summed E-state index contributed by atoms with van der Waals surface area (Å²) in [7, 11) is 0. The lowest BCUT2D eigenvalue weighted by Crippen LogP contribution is -2.36. The minimum Gasteiger partial charge on any atom is -0.462 e. The van der Waals surface area contributed by atoms with Crippen LogP contribution in [-0.2, 0) is 21.0 Å². The van der Waals surface area contributed by atoms with Crippen LogP contribution >= 0.6 is 12.4 Å². The van der Waals surface area contributed by atoms with Crippen molar-refractivity contribution >= 4 is 35.5 Å². The number of imidazole rings is 1. The number of hydrogen-bond acceptors (Lipinski definition) is 9. The second kappa shape index (κ2) is 8.43. The van der Waals surface area contributed by atoms with Gasteiger partial charge in [0.2, 0.25) is 5.95 Å². The Labute approximate surface area is 136 Å². The number of nitrogens with one attached hydrogen (secondary N) is 1. The van der Waals surface area contributed by atoms with Crippen molar-refractivity contribution in [1.82, 2.24) is 19.5 Å². The summed E-state index contributed by atoms with van der Waals surface area (Å²) < 4.78 is 11.5. The van der Waals surface area contributed by atoms with E-state index in [4.69, 9.17) is 26.0 Å². The maximum Gasteiger partial charge on any atom is 0.325 e. The summed E-state index contributed by atoms with van der Waals surface area (Å²) in [6.45, 7) is -0.351. The molecule has 0 bridgehead atoms. The number of ether oxygens (including phenoxy) is 2. The zero-order valence-corrected chi connectivity index (χ0v) is 12.8. The summed E-state index contributed by atoms with van der Waals surface area (Å²) in [6, 6.07) is -1.06. The molecular weight excluding hydrogens is 332 g/mol. The van der Waals surface area contributed by atoms with E-state index in [0.717, 1.165) is 0 Å². The number of fused-ring (bicyclic) bond motifs is 1. The molecule has 0 unspecified atom stereocenters. The number of nitrogens with two attached hydrogens (primary N) is 2. The Balaban J connectivity index is 0.00000264. The topological polar surface area (TPSA) is 171 Å². The highest BCUT2D eigenvalue weighted by atomic mass is 35.5. The average molecular weight is 349 g/mol. The molecule has 12 heteroatoms. The lowest BCUT2D eigenvalue weighted by Gasteiger charge is -2.09. The first kappa shape index (κ1) is 18.8. The van der Waals surface area contributed by atoms with E-state index in [9.17, 15) is 9.59 Å². The number of aromatic nitrogens is 4. The predicted molar refractivity (Wildman–Crippen MR) is 81.8 cm³/mol. The minimum absolute atomic E-state index is 0. The zero-order valence-electron chi connectivity index (χ0n) is 12.0. The highest BCUT2D eigenvalue weighted by molar-refractivity contribution is 5.85. The number of halogens is 1. The number of esters is 1. The van der Waals surface area contributed by atoms with E-state index < -0.39 is 24.2 Å². The van der Waals surface area contributed by atoms with E-state index in [-0.39, 0.29) is 43.8 Å². The first-order valence-corrected chi connectivity index (χ1v) is 6.34. The number of H-pyrrole nitrogens is 1. The van der Waals surface area contributed by atoms with Crippen molar-refractivity contribution in [3.8, 4) is 0 Å². The molecule has 0 aliphatic rings. The average Bonchev–Trinajstić information content (AvgIpc) is 2.89. The molecule has 6 N–H and O–H groups in total. The Bertz CT molecular complexity index is 716. The van der Waals surface area contributed by atoms with Crippen molar-refractivity contribution in [2.45, 2.75) is 12.8 Å². The molecule has 0 saturated heterocycles. The fraction of sp³-hybridized carbons (Fsp3) is 0.455. The summed E-state index contributed by atoms with van der Waals surface area (Å²) in [5, 5.41) is 8.67. The van der Waals surface area contributed by atoms with Crippen molar-refractivity contribution in [3.05, 3.63) is 16.7 Å². The van der Waals surface area contributed by atoms with Crippen LogP contribution in [0.4, 0.5) is 5.95 Å². The van der Waals surface area contributed by atoms with Gasteiger partial charge in [-0.3, -0.25) is 19.1 Å². The third kappa shape index (κ3) is 4.63. The Morgan fingerprint density at radius 1 is 1.48 bits per heavy atom. The van der Waals surface area contributed by atoms with Gasteiger partial charge in [0.05, 0.1) is 19.5 Å². The summed E-state index contributed by atoms with van der Waals surface area (Å²) in [6.07, 6.45) is 1.39. The number of rotatable bonds is 7. The van der Waals surface area contributed by atoms with Gasteiger partial charge in [-0.05, 0) is 0 Å². The van der Waals surface area contributed by atoms with Crippen molar-refractivity contribution in [2.24, 2.45) is 5.73 Å². The number of aliphatic hydroxyl groups excluding tert-OH is 1. The second-order valence-electron chi connectivity index (χ2n) is 4.33. The minimum atomic E-state index is -1.06. The normalized spacial score (nSPS) is 11.9. The molecular formula is C11H17ClN6O5. The number of nitrogens with zero attached hydrogens (tertiary/aromatic N) is 3. The van der Waals surface area contributed by atoms with Gasteiger partial charge in [0.1, 0.15) is 19.4 Å². The van der Waals surface area contributed by atoms with Crippen molar-refractivity contribution in [2.75, 3.05) is 25.6 Å². The molecule has 0 fully saturated rings. The van der Waals surface area contributed by atoms with Gasteiger partial charge in [-0.1, -0.05) is 0 Å². The molecule has 0 radical (unpaired) electrons. The Morgan fingerprint density at radius 2 is 2.22 bits per heavy atom. The first-order chi connectivity index (χ1) is 10.5. The van der Waals surface area contributed by atoms with Crippen molar-refractivity contribution in [3.63, 3.8) is 0 Å². The van der Waals surface area contributed by atoms with Gasteiger partial charge in [-0.25, -0.2) is 4.98 Å². The van der Waals surface area contributed by atoms with Crippen LogP contribution in [-0.4, -0.2) is 56.5 Å². The largest absolute Gasteiger partial charge is 0.462 e. The molecule has 2 aromatic rings. The summed E-state index contributed by atoms with van der Waals surface area (Å²) >= 11 is 0. The quantitative estimate of drug-likeness (QED) is 0.325. The van der Waals surface area contributed by atoms with E-state index in [2.05, 4.69) is 15.0 Å². The summed E-state index contributed by atoms with van der Waals surface area (Å²) in [4.78, 5) is 33.0. The predicted octanol–water partition coefficient (Wildman–Crippen LogP) is -2.04. The molecule has 2 heterocycles. The molecule has 0 aliphatic carbocycles. The van der Waals surface area contributed by atoms with Gasteiger partial charge in [-0.15, -0.1) is 12.4 Å². The number of carbonyl (C=O) groups is 1. The van der Waals surface area contributed by atoms with E-state index in [1.807, 2.05) is 0 Å². The monoisotopic (exact) mass is 348 g/mol. The van der Waals surface area contributed by atoms with Crippen LogP contribution in [0, 0.1) is 0 Å². The maximum absolute atomic E-state index is 11.6. The fourth-order valence-corrected chi connectivity index (χ4v) is 1.61. The number of anilines is 1. The van der Waals surface area contributed by atoms with E-state index in [0.29, 0.717) is 5.65 Å². The number of aliphatic hydroxyl groups is 1. The number of aromatic amines is 1. The van der Waals surface area contributed by atoms with Crippen LogP contribution < -0.4 is 17.0 Å². The smallest absolute Gasteiger partial charge is 0.325 e. The highest BCUT2D eigenvalue weighted by Gasteiger charge is 2.13. The van der Waals surface area contributed by atoms with E-state index in [1.165, 1.54) is 10.9 Å². The van der Waals surface area contributed by atoms with Crippen LogP contribution in [0.15, 0.2) is 11.1 Å². The lowest BCUT2D eigenvalue weighted by atomic mass is 10.3. The standard InChI is InChI=1S/C11H16N6O5.ClH/c12-6(3-18)10(20)22-2-1-21-5-17-4-14-7-8(17)15-11(13)16-9(7)19;/h4,6,18H,1-3,5,12H2,(H3,13,15,16,19);1H/t6-;/m0./s1. The fourth-order valence-electron chi connectivity index (χ4n) is 1.61. The van der Waals surface area contributed by atoms with Gasteiger partial charge in [0.25, 0.3) is 5.56 Å². The summed E-state index contributed by atoms with van der Waals surface area (Å²) in [5.74, 6) is -0.730. The van der Waals surface area contributed by atoms with Crippen molar-refractivity contribution < 1.29 is 19.4 Å².